The molecule has 0 radical (unpaired) electrons. The fraction of sp³-hybridized carbons (Fsp3) is 0.0870. The van der Waals surface area contributed by atoms with E-state index in [0.717, 1.165) is 5.56 Å². The normalized spacial score (nSPS) is 12.2. The van der Waals surface area contributed by atoms with Crippen molar-refractivity contribution in [3.05, 3.63) is 83.4 Å². The minimum atomic E-state index is -0.449. The number of imide groups is 1. The summed E-state index contributed by atoms with van der Waals surface area (Å²) in [5.41, 5.74) is 1.92. The predicted octanol–water partition coefficient (Wildman–Crippen LogP) is 2.87. The van der Waals surface area contributed by atoms with Crippen molar-refractivity contribution in [2.45, 2.75) is 6.61 Å². The summed E-state index contributed by atoms with van der Waals surface area (Å²) in [6, 6.07) is 18.1. The van der Waals surface area contributed by atoms with Crippen LogP contribution in [0.25, 0.3) is 0 Å². The van der Waals surface area contributed by atoms with Crippen molar-refractivity contribution in [3.8, 4) is 17.2 Å². The second kappa shape index (κ2) is 8.68. The maximum Gasteiger partial charge on any atom is 0.262 e. The molecule has 1 heterocycles. The highest BCUT2D eigenvalue weighted by Gasteiger charge is 2.26. The topological polar surface area (TPSA) is 114 Å². The number of anilines is 1. The Bertz CT molecular complexity index is 1140. The summed E-state index contributed by atoms with van der Waals surface area (Å²) < 4.78 is 11.1. The summed E-state index contributed by atoms with van der Waals surface area (Å²) in [5.74, 6) is 0.256. The van der Waals surface area contributed by atoms with Crippen LogP contribution in [0.15, 0.2) is 66.7 Å². The van der Waals surface area contributed by atoms with E-state index in [4.69, 9.17) is 14.6 Å². The van der Waals surface area contributed by atoms with Crippen molar-refractivity contribution in [3.63, 3.8) is 0 Å². The lowest BCUT2D eigenvalue weighted by Gasteiger charge is -2.10. The second-order valence-corrected chi connectivity index (χ2v) is 6.76. The Kier molecular flexibility index (Phi) is 5.63. The minimum Gasteiger partial charge on any atom is -0.484 e. The standard InChI is InChI=1S/C23H18N2O6/c26-12-14-1-5-16(6-2-14)30-13-21(27)24-15-3-7-17(8-4-15)31-18-9-10-19-20(11-18)23(29)25-22(19)28/h1-11,26H,12-13H2,(H,24,27)(H,25,28,29). The molecule has 0 saturated heterocycles. The summed E-state index contributed by atoms with van der Waals surface area (Å²) in [6.45, 7) is -0.214. The van der Waals surface area contributed by atoms with Crippen LogP contribution in [0.4, 0.5) is 5.69 Å². The van der Waals surface area contributed by atoms with Gasteiger partial charge in [-0.2, -0.15) is 0 Å². The van der Waals surface area contributed by atoms with E-state index in [1.165, 1.54) is 12.1 Å². The maximum atomic E-state index is 12.1. The molecule has 0 saturated carbocycles. The molecule has 8 nitrogen and oxygen atoms in total. The van der Waals surface area contributed by atoms with Crippen molar-refractivity contribution in [2.24, 2.45) is 0 Å². The molecule has 0 bridgehead atoms. The van der Waals surface area contributed by atoms with Crippen LogP contribution in [0, 0.1) is 0 Å². The number of hydrogen-bond donors (Lipinski definition) is 3. The van der Waals surface area contributed by atoms with E-state index < -0.39 is 11.8 Å². The highest BCUT2D eigenvalue weighted by molar-refractivity contribution is 6.21. The van der Waals surface area contributed by atoms with Crippen molar-refractivity contribution in [2.75, 3.05) is 11.9 Å². The van der Waals surface area contributed by atoms with Crippen LogP contribution in [0.5, 0.6) is 17.2 Å². The Labute approximate surface area is 177 Å². The molecule has 0 unspecified atom stereocenters. The van der Waals surface area contributed by atoms with E-state index in [9.17, 15) is 14.4 Å². The highest BCUT2D eigenvalue weighted by Crippen LogP contribution is 2.27. The van der Waals surface area contributed by atoms with E-state index in [0.29, 0.717) is 28.5 Å². The first-order chi connectivity index (χ1) is 15.0. The lowest BCUT2D eigenvalue weighted by Crippen LogP contribution is -2.20. The lowest BCUT2D eigenvalue weighted by atomic mass is 10.1. The SMILES string of the molecule is O=C(COc1ccc(CO)cc1)Nc1ccc(Oc2ccc3c(c2)C(=O)NC3=O)cc1. The average molecular weight is 418 g/mol. The number of benzene rings is 3. The van der Waals surface area contributed by atoms with Crippen LogP contribution in [-0.2, 0) is 11.4 Å². The molecule has 3 aromatic rings. The second-order valence-electron chi connectivity index (χ2n) is 6.76. The molecular formula is C23H18N2O6. The summed E-state index contributed by atoms with van der Waals surface area (Å²) in [6.07, 6.45) is 0. The van der Waals surface area contributed by atoms with Gasteiger partial charge in [-0.05, 0) is 60.2 Å². The number of carbonyl (C=O) groups excluding carboxylic acids is 3. The van der Waals surface area contributed by atoms with Gasteiger partial charge in [0.2, 0.25) is 0 Å². The number of rotatable bonds is 7. The van der Waals surface area contributed by atoms with Gasteiger partial charge in [0.1, 0.15) is 17.2 Å². The Morgan fingerprint density at radius 2 is 1.48 bits per heavy atom. The molecule has 1 aliphatic rings. The third-order valence-electron chi connectivity index (χ3n) is 4.56. The van der Waals surface area contributed by atoms with Gasteiger partial charge < -0.3 is 19.9 Å². The van der Waals surface area contributed by atoms with Gasteiger partial charge in [0.05, 0.1) is 17.7 Å². The first kappa shape index (κ1) is 20.1. The number of aliphatic hydroxyl groups excluding tert-OH is 1. The van der Waals surface area contributed by atoms with Crippen LogP contribution >= 0.6 is 0 Å². The third kappa shape index (κ3) is 4.71. The summed E-state index contributed by atoms with van der Waals surface area (Å²) in [7, 11) is 0. The predicted molar refractivity (Wildman–Crippen MR) is 111 cm³/mol. The molecule has 0 atom stereocenters. The van der Waals surface area contributed by atoms with Gasteiger partial charge in [-0.3, -0.25) is 19.7 Å². The maximum absolute atomic E-state index is 12.1. The first-order valence-corrected chi connectivity index (χ1v) is 9.42. The van der Waals surface area contributed by atoms with Gasteiger partial charge in [-0.1, -0.05) is 12.1 Å². The number of ether oxygens (including phenoxy) is 2. The zero-order valence-corrected chi connectivity index (χ0v) is 16.3. The summed E-state index contributed by atoms with van der Waals surface area (Å²) in [4.78, 5) is 35.4. The van der Waals surface area contributed by atoms with Crippen LogP contribution in [0.2, 0.25) is 0 Å². The number of aliphatic hydroxyl groups is 1. The molecule has 0 aromatic heterocycles. The molecule has 4 rings (SSSR count). The first-order valence-electron chi connectivity index (χ1n) is 9.42. The number of nitrogens with one attached hydrogen (secondary N) is 2. The number of hydrogen-bond acceptors (Lipinski definition) is 6. The van der Waals surface area contributed by atoms with E-state index in [-0.39, 0.29) is 24.7 Å². The fourth-order valence-corrected chi connectivity index (χ4v) is 2.99. The average Bonchev–Trinajstić information content (AvgIpc) is 3.07. The quantitative estimate of drug-likeness (QED) is 0.509. The molecule has 8 heteroatoms. The molecule has 1 aliphatic heterocycles. The Balaban J connectivity index is 1.32. The van der Waals surface area contributed by atoms with E-state index in [1.807, 2.05) is 0 Å². The molecule has 3 amide bonds. The molecule has 3 N–H and O–H groups in total. The number of carbonyl (C=O) groups is 3. The van der Waals surface area contributed by atoms with Crippen LogP contribution in [0.1, 0.15) is 26.3 Å². The Morgan fingerprint density at radius 3 is 2.19 bits per heavy atom. The van der Waals surface area contributed by atoms with Gasteiger partial charge in [-0.25, -0.2) is 0 Å². The molecule has 0 aliphatic carbocycles. The van der Waals surface area contributed by atoms with Gasteiger partial charge >= 0.3 is 0 Å². The van der Waals surface area contributed by atoms with Crippen molar-refractivity contribution < 1.29 is 29.0 Å². The van der Waals surface area contributed by atoms with Crippen LogP contribution < -0.4 is 20.1 Å². The molecular weight excluding hydrogens is 400 g/mol. The van der Waals surface area contributed by atoms with Gasteiger partial charge in [0.25, 0.3) is 17.7 Å². The Morgan fingerprint density at radius 1 is 0.839 bits per heavy atom. The zero-order chi connectivity index (χ0) is 21.8. The monoisotopic (exact) mass is 418 g/mol. The minimum absolute atomic E-state index is 0.0536. The zero-order valence-electron chi connectivity index (χ0n) is 16.3. The van der Waals surface area contributed by atoms with E-state index >= 15 is 0 Å². The smallest absolute Gasteiger partial charge is 0.262 e. The Hall–Kier alpha value is -4.17. The highest BCUT2D eigenvalue weighted by atomic mass is 16.5. The third-order valence-corrected chi connectivity index (χ3v) is 4.56. The molecule has 3 aromatic carbocycles. The van der Waals surface area contributed by atoms with Crippen LogP contribution in [-0.4, -0.2) is 29.4 Å². The van der Waals surface area contributed by atoms with E-state index in [2.05, 4.69) is 10.6 Å². The summed E-state index contributed by atoms with van der Waals surface area (Å²) in [5, 5.41) is 14.0. The van der Waals surface area contributed by atoms with Crippen molar-refractivity contribution in [1.29, 1.82) is 0 Å². The van der Waals surface area contributed by atoms with Gasteiger partial charge in [0.15, 0.2) is 6.61 Å². The van der Waals surface area contributed by atoms with Crippen molar-refractivity contribution >= 4 is 23.4 Å². The molecule has 0 spiro atoms. The van der Waals surface area contributed by atoms with Crippen LogP contribution in [0.3, 0.4) is 0 Å². The largest absolute Gasteiger partial charge is 0.484 e. The molecule has 156 valence electrons. The molecule has 31 heavy (non-hydrogen) atoms. The van der Waals surface area contributed by atoms with E-state index in [1.54, 1.807) is 54.6 Å². The van der Waals surface area contributed by atoms with Gasteiger partial charge in [-0.15, -0.1) is 0 Å². The number of fused-ring (bicyclic) bond motifs is 1. The number of amides is 3. The van der Waals surface area contributed by atoms with Crippen molar-refractivity contribution in [1.82, 2.24) is 5.32 Å². The lowest BCUT2D eigenvalue weighted by molar-refractivity contribution is -0.118. The fourth-order valence-electron chi connectivity index (χ4n) is 2.99. The van der Waals surface area contributed by atoms with Gasteiger partial charge in [0, 0.05) is 5.69 Å². The summed E-state index contributed by atoms with van der Waals surface area (Å²) >= 11 is 0. The molecule has 0 fully saturated rings.